The molecule has 2 aromatic rings. The normalized spacial score (nSPS) is 11.1. The molecule has 0 aliphatic heterocycles. The maximum absolute atomic E-state index is 12.2. The van der Waals surface area contributed by atoms with E-state index in [4.69, 9.17) is 11.6 Å². The third-order valence-corrected chi connectivity index (χ3v) is 4.85. The Morgan fingerprint density at radius 2 is 1.90 bits per heavy atom. The summed E-state index contributed by atoms with van der Waals surface area (Å²) in [5.41, 5.74) is 0.0696. The fourth-order valence-corrected chi connectivity index (χ4v) is 3.57. The zero-order chi connectivity index (χ0) is 15.6. The van der Waals surface area contributed by atoms with Crippen molar-refractivity contribution in [3.05, 3.63) is 62.1 Å². The zero-order valence-corrected chi connectivity index (χ0v) is 13.4. The molecule has 9 heteroatoms. The highest BCUT2D eigenvalue weighted by molar-refractivity contribution is 9.10. The van der Waals surface area contributed by atoms with Gasteiger partial charge in [-0.05, 0) is 24.3 Å². The van der Waals surface area contributed by atoms with Gasteiger partial charge < -0.3 is 0 Å². The number of anilines is 1. The molecular weight excluding hydrogens is 384 g/mol. The van der Waals surface area contributed by atoms with Crippen molar-refractivity contribution in [2.45, 2.75) is 4.90 Å². The predicted molar refractivity (Wildman–Crippen MR) is 83.1 cm³/mol. The Balaban J connectivity index is 2.38. The first-order chi connectivity index (χ1) is 9.79. The van der Waals surface area contributed by atoms with Crippen LogP contribution in [-0.2, 0) is 10.0 Å². The summed E-state index contributed by atoms with van der Waals surface area (Å²) in [5, 5.41) is 10.4. The summed E-state index contributed by atoms with van der Waals surface area (Å²) in [6.07, 6.45) is 0. The first-order valence-electron chi connectivity index (χ1n) is 5.52. The van der Waals surface area contributed by atoms with Gasteiger partial charge in [-0.2, -0.15) is 0 Å². The van der Waals surface area contributed by atoms with Gasteiger partial charge >= 0.3 is 0 Å². The molecule has 110 valence electrons. The molecule has 0 bridgehead atoms. The van der Waals surface area contributed by atoms with Crippen molar-refractivity contribution in [3.63, 3.8) is 0 Å². The van der Waals surface area contributed by atoms with Gasteiger partial charge in [0, 0.05) is 22.3 Å². The van der Waals surface area contributed by atoms with Crippen LogP contribution in [0.3, 0.4) is 0 Å². The van der Waals surface area contributed by atoms with Gasteiger partial charge in [-0.15, -0.1) is 0 Å². The van der Waals surface area contributed by atoms with Gasteiger partial charge in [-0.3, -0.25) is 14.8 Å². The van der Waals surface area contributed by atoms with Gasteiger partial charge in [0.2, 0.25) is 0 Å². The maximum atomic E-state index is 12.2. The fourth-order valence-electron chi connectivity index (χ4n) is 1.58. The van der Waals surface area contributed by atoms with Gasteiger partial charge in [0.25, 0.3) is 15.7 Å². The van der Waals surface area contributed by atoms with E-state index >= 15 is 0 Å². The van der Waals surface area contributed by atoms with Crippen LogP contribution in [0.5, 0.6) is 0 Å². The van der Waals surface area contributed by atoms with E-state index in [-0.39, 0.29) is 15.6 Å². The van der Waals surface area contributed by atoms with Crippen LogP contribution >= 0.6 is 27.5 Å². The molecule has 0 fully saturated rings. The summed E-state index contributed by atoms with van der Waals surface area (Å²) in [6, 6.07) is 9.74. The third-order valence-electron chi connectivity index (χ3n) is 2.49. The second-order valence-corrected chi connectivity index (χ2v) is 6.96. The molecule has 2 aromatic carbocycles. The van der Waals surface area contributed by atoms with E-state index in [9.17, 15) is 18.5 Å². The number of sulfonamides is 1. The summed E-state index contributed by atoms with van der Waals surface area (Å²) in [7, 11) is -3.93. The SMILES string of the molecule is O=[N+]([O-])c1ccc(S(=O)(=O)Nc2cccc(Br)c2)c(Cl)c1. The Kier molecular flexibility index (Phi) is 4.50. The number of nitro benzene ring substituents is 1. The first-order valence-corrected chi connectivity index (χ1v) is 8.17. The number of benzene rings is 2. The second kappa shape index (κ2) is 6.00. The lowest BCUT2D eigenvalue weighted by Crippen LogP contribution is -2.13. The molecule has 0 aliphatic rings. The van der Waals surface area contributed by atoms with Crippen molar-refractivity contribution < 1.29 is 13.3 Å². The number of hydrogen-bond donors (Lipinski definition) is 1. The number of halogens is 2. The van der Waals surface area contributed by atoms with E-state index in [1.165, 1.54) is 0 Å². The van der Waals surface area contributed by atoms with Crippen molar-refractivity contribution in [3.8, 4) is 0 Å². The molecular formula is C12H8BrClN2O4S. The quantitative estimate of drug-likeness (QED) is 0.634. The maximum Gasteiger partial charge on any atom is 0.271 e. The van der Waals surface area contributed by atoms with Crippen LogP contribution in [-0.4, -0.2) is 13.3 Å². The fraction of sp³-hybridized carbons (Fsp3) is 0. The van der Waals surface area contributed by atoms with E-state index in [1.807, 2.05) is 0 Å². The number of non-ortho nitro benzene ring substituents is 1. The first kappa shape index (κ1) is 15.7. The number of nitro groups is 1. The third kappa shape index (κ3) is 3.72. The van der Waals surface area contributed by atoms with Gasteiger partial charge in [0.05, 0.1) is 9.95 Å². The van der Waals surface area contributed by atoms with Crippen molar-refractivity contribution in [1.29, 1.82) is 0 Å². The average Bonchev–Trinajstić information content (AvgIpc) is 2.37. The van der Waals surface area contributed by atoms with E-state index in [2.05, 4.69) is 20.7 Å². The minimum atomic E-state index is -3.93. The molecule has 0 amide bonds. The second-order valence-electron chi connectivity index (χ2n) is 3.99. The average molecular weight is 392 g/mol. The molecule has 0 heterocycles. The van der Waals surface area contributed by atoms with Crippen LogP contribution in [0.2, 0.25) is 5.02 Å². The summed E-state index contributed by atoms with van der Waals surface area (Å²) >= 11 is 9.05. The monoisotopic (exact) mass is 390 g/mol. The number of hydrogen-bond acceptors (Lipinski definition) is 4. The molecule has 2 rings (SSSR count). The van der Waals surface area contributed by atoms with Gasteiger partial charge in [-0.25, -0.2) is 8.42 Å². The van der Waals surface area contributed by atoms with Crippen LogP contribution in [0.15, 0.2) is 51.8 Å². The van der Waals surface area contributed by atoms with Crippen LogP contribution in [0.4, 0.5) is 11.4 Å². The Morgan fingerprint density at radius 3 is 2.48 bits per heavy atom. The lowest BCUT2D eigenvalue weighted by Gasteiger charge is -2.09. The Hall–Kier alpha value is -1.64. The Bertz CT molecular complexity index is 811. The Morgan fingerprint density at radius 1 is 1.19 bits per heavy atom. The largest absolute Gasteiger partial charge is 0.280 e. The van der Waals surface area contributed by atoms with E-state index in [0.29, 0.717) is 10.2 Å². The van der Waals surface area contributed by atoms with Crippen LogP contribution in [0.1, 0.15) is 0 Å². The highest BCUT2D eigenvalue weighted by Gasteiger charge is 2.20. The highest BCUT2D eigenvalue weighted by atomic mass is 79.9. The number of nitrogens with zero attached hydrogens (tertiary/aromatic N) is 1. The van der Waals surface area contributed by atoms with Crippen LogP contribution in [0, 0.1) is 10.1 Å². The van der Waals surface area contributed by atoms with E-state index < -0.39 is 14.9 Å². The summed E-state index contributed by atoms with van der Waals surface area (Å²) in [5.74, 6) is 0. The molecule has 0 aromatic heterocycles. The lowest BCUT2D eigenvalue weighted by atomic mass is 10.3. The zero-order valence-electron chi connectivity index (χ0n) is 10.3. The summed E-state index contributed by atoms with van der Waals surface area (Å²) < 4.78 is 27.5. The topological polar surface area (TPSA) is 89.3 Å². The molecule has 0 saturated carbocycles. The lowest BCUT2D eigenvalue weighted by molar-refractivity contribution is -0.384. The molecule has 0 unspecified atom stereocenters. The van der Waals surface area contributed by atoms with Crippen molar-refractivity contribution in [2.75, 3.05) is 4.72 Å². The molecule has 21 heavy (non-hydrogen) atoms. The van der Waals surface area contributed by atoms with Gasteiger partial charge in [0.1, 0.15) is 4.90 Å². The summed E-state index contributed by atoms with van der Waals surface area (Å²) in [6.45, 7) is 0. The molecule has 1 N–H and O–H groups in total. The molecule has 6 nitrogen and oxygen atoms in total. The van der Waals surface area contributed by atoms with Crippen LogP contribution < -0.4 is 4.72 Å². The minimum Gasteiger partial charge on any atom is -0.280 e. The van der Waals surface area contributed by atoms with Gasteiger partial charge in [-0.1, -0.05) is 33.6 Å². The van der Waals surface area contributed by atoms with Gasteiger partial charge in [0.15, 0.2) is 0 Å². The molecule has 0 aliphatic carbocycles. The smallest absolute Gasteiger partial charge is 0.271 e. The molecule has 0 spiro atoms. The van der Waals surface area contributed by atoms with Crippen LogP contribution in [0.25, 0.3) is 0 Å². The summed E-state index contributed by atoms with van der Waals surface area (Å²) in [4.78, 5) is 9.74. The predicted octanol–water partition coefficient (Wildman–Crippen LogP) is 3.81. The number of nitrogens with one attached hydrogen (secondary N) is 1. The van der Waals surface area contributed by atoms with E-state index in [0.717, 1.165) is 18.2 Å². The molecule has 0 radical (unpaired) electrons. The minimum absolute atomic E-state index is 0.216. The van der Waals surface area contributed by atoms with Crippen molar-refractivity contribution >= 4 is 48.9 Å². The highest BCUT2D eigenvalue weighted by Crippen LogP contribution is 2.28. The Labute approximate surface area is 134 Å². The van der Waals surface area contributed by atoms with E-state index in [1.54, 1.807) is 24.3 Å². The molecule has 0 atom stereocenters. The molecule has 0 saturated heterocycles. The number of rotatable bonds is 4. The van der Waals surface area contributed by atoms with Crippen molar-refractivity contribution in [1.82, 2.24) is 0 Å². The van der Waals surface area contributed by atoms with Crippen molar-refractivity contribution in [2.24, 2.45) is 0 Å². The standard InChI is InChI=1S/C12H8BrClN2O4S/c13-8-2-1-3-9(6-8)15-21(19,20)12-5-4-10(16(17)18)7-11(12)14/h1-7,15H.